The van der Waals surface area contributed by atoms with Crippen molar-refractivity contribution < 1.29 is 9.90 Å². The lowest BCUT2D eigenvalue weighted by molar-refractivity contribution is 0.0698. The summed E-state index contributed by atoms with van der Waals surface area (Å²) in [4.78, 5) is 15.5. The van der Waals surface area contributed by atoms with Crippen LogP contribution in [0.3, 0.4) is 0 Å². The molecule has 0 aliphatic heterocycles. The molecule has 2 aromatic heterocycles. The Labute approximate surface area is 133 Å². The third kappa shape index (κ3) is 2.52. The fourth-order valence-corrected chi connectivity index (χ4v) is 2.61. The van der Waals surface area contributed by atoms with Gasteiger partial charge in [0.2, 0.25) is 0 Å². The van der Waals surface area contributed by atoms with E-state index in [1.807, 2.05) is 24.3 Å². The highest BCUT2D eigenvalue weighted by molar-refractivity contribution is 9.10. The van der Waals surface area contributed by atoms with Crippen molar-refractivity contribution in [3.8, 4) is 11.3 Å². The van der Waals surface area contributed by atoms with E-state index in [0.29, 0.717) is 5.82 Å². The second kappa shape index (κ2) is 5.46. The molecule has 0 atom stereocenters. The fraction of sp³-hybridized carbons (Fsp3) is 0.0714. The third-order valence-electron chi connectivity index (χ3n) is 3.00. The number of pyridine rings is 1. The number of fused-ring (bicyclic) bond motifs is 1. The molecule has 5 nitrogen and oxygen atoms in total. The van der Waals surface area contributed by atoms with Gasteiger partial charge < -0.3 is 5.11 Å². The van der Waals surface area contributed by atoms with E-state index in [2.05, 4.69) is 26.0 Å². The number of rotatable bonds is 3. The molecular formula is C14H9BrClN3O2. The standard InChI is InChI=1S/C14H9BrClN3O2/c15-9-3-1-2-8(6-9)11-5-4-10(14(20)21)13-17-12(7-16)18-19(11)13/h1-6H,7H2,(H,20,21). The number of aromatic nitrogens is 3. The predicted octanol–water partition coefficient (Wildman–Crippen LogP) is 3.60. The van der Waals surface area contributed by atoms with E-state index in [0.717, 1.165) is 15.7 Å². The zero-order valence-electron chi connectivity index (χ0n) is 10.6. The molecule has 1 aromatic carbocycles. The molecular weight excluding hydrogens is 358 g/mol. The molecule has 3 rings (SSSR count). The van der Waals surface area contributed by atoms with Gasteiger partial charge in [-0.2, -0.15) is 0 Å². The first-order chi connectivity index (χ1) is 10.1. The molecule has 1 N–H and O–H groups in total. The quantitative estimate of drug-likeness (QED) is 0.719. The van der Waals surface area contributed by atoms with Gasteiger partial charge in [-0.15, -0.1) is 16.7 Å². The highest BCUT2D eigenvalue weighted by atomic mass is 79.9. The van der Waals surface area contributed by atoms with Crippen LogP contribution < -0.4 is 0 Å². The van der Waals surface area contributed by atoms with Crippen molar-refractivity contribution in [1.29, 1.82) is 0 Å². The topological polar surface area (TPSA) is 67.5 Å². The van der Waals surface area contributed by atoms with E-state index in [-0.39, 0.29) is 17.1 Å². The van der Waals surface area contributed by atoms with Crippen LogP contribution in [0.4, 0.5) is 0 Å². The van der Waals surface area contributed by atoms with E-state index in [1.54, 1.807) is 6.07 Å². The van der Waals surface area contributed by atoms with Gasteiger partial charge in [0.1, 0.15) is 5.56 Å². The van der Waals surface area contributed by atoms with Crippen LogP contribution in [0.15, 0.2) is 40.9 Å². The summed E-state index contributed by atoms with van der Waals surface area (Å²) in [7, 11) is 0. The van der Waals surface area contributed by atoms with Crippen molar-refractivity contribution in [3.05, 3.63) is 52.3 Å². The number of nitrogens with zero attached hydrogens (tertiary/aromatic N) is 3. The van der Waals surface area contributed by atoms with Crippen LogP contribution in [0, 0.1) is 0 Å². The van der Waals surface area contributed by atoms with Crippen molar-refractivity contribution in [1.82, 2.24) is 14.6 Å². The number of hydrogen-bond acceptors (Lipinski definition) is 3. The Morgan fingerprint density at radius 1 is 1.33 bits per heavy atom. The molecule has 2 heterocycles. The predicted molar refractivity (Wildman–Crippen MR) is 82.6 cm³/mol. The van der Waals surface area contributed by atoms with E-state index < -0.39 is 5.97 Å². The summed E-state index contributed by atoms with van der Waals surface area (Å²) < 4.78 is 2.44. The third-order valence-corrected chi connectivity index (χ3v) is 3.73. The molecule has 0 radical (unpaired) electrons. The van der Waals surface area contributed by atoms with Crippen molar-refractivity contribution in [2.45, 2.75) is 5.88 Å². The largest absolute Gasteiger partial charge is 0.478 e. The lowest BCUT2D eigenvalue weighted by Crippen LogP contribution is -2.03. The van der Waals surface area contributed by atoms with Crippen molar-refractivity contribution >= 4 is 39.1 Å². The lowest BCUT2D eigenvalue weighted by atomic mass is 10.1. The van der Waals surface area contributed by atoms with E-state index in [4.69, 9.17) is 11.6 Å². The molecule has 3 aromatic rings. The van der Waals surface area contributed by atoms with Crippen molar-refractivity contribution in [2.24, 2.45) is 0 Å². The van der Waals surface area contributed by atoms with Crippen LogP contribution in [0.25, 0.3) is 16.9 Å². The van der Waals surface area contributed by atoms with Crippen molar-refractivity contribution in [3.63, 3.8) is 0 Å². The Morgan fingerprint density at radius 2 is 2.14 bits per heavy atom. The maximum atomic E-state index is 11.3. The van der Waals surface area contributed by atoms with Crippen LogP contribution in [0.1, 0.15) is 16.2 Å². The molecule has 0 aliphatic carbocycles. The summed E-state index contributed by atoms with van der Waals surface area (Å²) in [5, 5.41) is 13.5. The molecule has 0 bridgehead atoms. The lowest BCUT2D eigenvalue weighted by Gasteiger charge is -2.06. The number of benzene rings is 1. The van der Waals surface area contributed by atoms with Gasteiger partial charge in [0, 0.05) is 10.0 Å². The first-order valence-electron chi connectivity index (χ1n) is 6.04. The van der Waals surface area contributed by atoms with Crippen molar-refractivity contribution in [2.75, 3.05) is 0 Å². The SMILES string of the molecule is O=C(O)c1ccc(-c2cccc(Br)c2)n2nc(CCl)nc12. The first kappa shape index (κ1) is 14.0. The molecule has 0 amide bonds. The van der Waals surface area contributed by atoms with E-state index in [1.165, 1.54) is 10.6 Å². The fourth-order valence-electron chi connectivity index (χ4n) is 2.09. The van der Waals surface area contributed by atoms with Crippen LogP contribution >= 0.6 is 27.5 Å². The normalized spacial score (nSPS) is 11.0. The molecule has 0 fully saturated rings. The molecule has 106 valence electrons. The molecule has 0 saturated heterocycles. The van der Waals surface area contributed by atoms with Crippen LogP contribution in [0.2, 0.25) is 0 Å². The summed E-state index contributed by atoms with van der Waals surface area (Å²) in [6.07, 6.45) is 0. The summed E-state index contributed by atoms with van der Waals surface area (Å²) in [6.45, 7) is 0. The average molecular weight is 367 g/mol. The first-order valence-corrected chi connectivity index (χ1v) is 7.37. The van der Waals surface area contributed by atoms with E-state index in [9.17, 15) is 9.90 Å². The van der Waals surface area contributed by atoms with E-state index >= 15 is 0 Å². The van der Waals surface area contributed by atoms with Gasteiger partial charge in [0.15, 0.2) is 11.5 Å². The Bertz CT molecular complexity index is 847. The molecule has 0 saturated carbocycles. The average Bonchev–Trinajstić information content (AvgIpc) is 2.89. The minimum absolute atomic E-state index is 0.0950. The highest BCUT2D eigenvalue weighted by Crippen LogP contribution is 2.25. The Morgan fingerprint density at radius 3 is 2.81 bits per heavy atom. The number of carbonyl (C=O) groups is 1. The molecule has 0 aliphatic rings. The van der Waals surface area contributed by atoms with Gasteiger partial charge in [0.25, 0.3) is 0 Å². The number of carboxylic acid groups (broad SMARTS) is 1. The minimum atomic E-state index is -1.05. The van der Waals surface area contributed by atoms with Gasteiger partial charge in [-0.3, -0.25) is 0 Å². The van der Waals surface area contributed by atoms with Crippen LogP contribution in [-0.4, -0.2) is 25.7 Å². The number of carboxylic acids is 1. The summed E-state index contributed by atoms with van der Waals surface area (Å²) in [6, 6.07) is 10.9. The molecule has 21 heavy (non-hydrogen) atoms. The minimum Gasteiger partial charge on any atom is -0.478 e. The van der Waals surface area contributed by atoms with Gasteiger partial charge >= 0.3 is 5.97 Å². The highest BCUT2D eigenvalue weighted by Gasteiger charge is 2.16. The van der Waals surface area contributed by atoms with Gasteiger partial charge in [-0.25, -0.2) is 14.3 Å². The van der Waals surface area contributed by atoms with Crippen LogP contribution in [-0.2, 0) is 5.88 Å². The molecule has 0 spiro atoms. The molecule has 0 unspecified atom stereocenters. The Hall–Kier alpha value is -1.92. The second-order valence-electron chi connectivity index (χ2n) is 4.34. The maximum Gasteiger partial charge on any atom is 0.339 e. The number of halogens is 2. The van der Waals surface area contributed by atoms with Gasteiger partial charge in [0.05, 0.1) is 11.6 Å². The Balaban J connectivity index is 2.32. The van der Waals surface area contributed by atoms with Gasteiger partial charge in [-0.05, 0) is 24.3 Å². The monoisotopic (exact) mass is 365 g/mol. The summed E-state index contributed by atoms with van der Waals surface area (Å²) in [5.74, 6) is -0.533. The molecule has 7 heteroatoms. The maximum absolute atomic E-state index is 11.3. The summed E-state index contributed by atoms with van der Waals surface area (Å²) >= 11 is 9.18. The van der Waals surface area contributed by atoms with Crippen LogP contribution in [0.5, 0.6) is 0 Å². The zero-order chi connectivity index (χ0) is 15.0. The number of hydrogen-bond donors (Lipinski definition) is 1. The second-order valence-corrected chi connectivity index (χ2v) is 5.53. The Kier molecular flexibility index (Phi) is 3.65. The smallest absolute Gasteiger partial charge is 0.339 e. The zero-order valence-corrected chi connectivity index (χ0v) is 13.0. The summed E-state index contributed by atoms with van der Waals surface area (Å²) in [5.41, 5.74) is 2.03. The number of aromatic carboxylic acids is 1. The number of alkyl halides is 1. The van der Waals surface area contributed by atoms with Gasteiger partial charge in [-0.1, -0.05) is 28.1 Å².